The normalized spacial score (nSPS) is 11.4. The molecule has 0 bridgehead atoms. The van der Waals surface area contributed by atoms with Gasteiger partial charge in [0, 0.05) is 61.9 Å². The zero-order chi connectivity index (χ0) is 57.6. The zero-order valence-corrected chi connectivity index (χ0v) is 46.6. The van der Waals surface area contributed by atoms with Crippen LogP contribution < -0.4 is 53.6 Å². The third-order valence-corrected chi connectivity index (χ3v) is 12.1. The van der Waals surface area contributed by atoms with Crippen molar-refractivity contribution in [2.24, 2.45) is 0 Å². The van der Waals surface area contributed by atoms with E-state index in [9.17, 15) is 24.0 Å². The standard InChI is InChI=1S/C56H69N3O20/c1-34-40-15-14-38(57-56(64)59(3)18-20-75-21-23-76-49(60)16-13-35-25-43(65-4)50(71-10)44(26-35)66-5)31-42(40)79-55(63)41(34)32-39(78-54(62)37-29-47(69-8)52(73-12)48(30-37)70-9)33-58(2)17-19-74-22-24-77-53(61)36-27-45(67-6)51(72-11)46(28-36)68-7/h13-16,25-31,39H,17-24,32-33H2,1-12H3,(H,57,64)/b16-13+. The lowest BCUT2D eigenvalue weighted by molar-refractivity contribution is -0.139. The Morgan fingerprint density at radius 2 is 1.09 bits per heavy atom. The molecule has 428 valence electrons. The summed E-state index contributed by atoms with van der Waals surface area (Å²) in [5.41, 5.74) is 1.72. The molecule has 0 spiro atoms. The van der Waals surface area contributed by atoms with Gasteiger partial charge in [-0.05, 0) is 79.7 Å². The maximum absolute atomic E-state index is 13.9. The zero-order valence-electron chi connectivity index (χ0n) is 46.6. The summed E-state index contributed by atoms with van der Waals surface area (Å²) in [4.78, 5) is 69.3. The van der Waals surface area contributed by atoms with Crippen molar-refractivity contribution in [1.29, 1.82) is 0 Å². The number of carbonyl (C=O) groups is 4. The molecule has 0 aliphatic heterocycles. The molecule has 0 aliphatic carbocycles. The number of likely N-dealkylation sites (N-methyl/N-ethyl adjacent to an activating group) is 2. The highest BCUT2D eigenvalue weighted by Crippen LogP contribution is 2.41. The number of nitrogens with one attached hydrogen (secondary N) is 1. The molecule has 0 aliphatic rings. The van der Waals surface area contributed by atoms with Crippen molar-refractivity contribution >= 4 is 46.7 Å². The molecule has 0 radical (unpaired) electrons. The van der Waals surface area contributed by atoms with Crippen molar-refractivity contribution in [3.8, 4) is 51.7 Å². The molecule has 5 rings (SSSR count). The van der Waals surface area contributed by atoms with E-state index < -0.39 is 35.7 Å². The van der Waals surface area contributed by atoms with Crippen molar-refractivity contribution in [3.05, 3.63) is 98.9 Å². The predicted molar refractivity (Wildman–Crippen MR) is 289 cm³/mol. The van der Waals surface area contributed by atoms with Gasteiger partial charge in [-0.3, -0.25) is 0 Å². The fourth-order valence-corrected chi connectivity index (χ4v) is 7.97. The highest BCUT2D eigenvalue weighted by atomic mass is 16.6. The van der Waals surface area contributed by atoms with Gasteiger partial charge in [0.05, 0.1) is 102 Å². The Morgan fingerprint density at radius 1 is 0.595 bits per heavy atom. The van der Waals surface area contributed by atoms with Crippen molar-refractivity contribution < 1.29 is 89.9 Å². The monoisotopic (exact) mass is 1100 g/mol. The molecular formula is C56H69N3O20. The predicted octanol–water partition coefficient (Wildman–Crippen LogP) is 6.49. The topological polar surface area (TPSA) is 246 Å². The number of urea groups is 1. The fourth-order valence-electron chi connectivity index (χ4n) is 7.97. The van der Waals surface area contributed by atoms with Crippen molar-refractivity contribution in [2.75, 3.05) is 143 Å². The number of amides is 2. The third-order valence-electron chi connectivity index (χ3n) is 12.1. The molecule has 23 heteroatoms. The molecule has 2 amide bonds. The van der Waals surface area contributed by atoms with Gasteiger partial charge in [-0.2, -0.15) is 0 Å². The number of esters is 3. The summed E-state index contributed by atoms with van der Waals surface area (Å²) in [6, 6.07) is 13.8. The lowest BCUT2D eigenvalue weighted by Crippen LogP contribution is -2.37. The van der Waals surface area contributed by atoms with Gasteiger partial charge in [-0.15, -0.1) is 0 Å². The number of anilines is 1. The summed E-state index contributed by atoms with van der Waals surface area (Å²) >= 11 is 0. The minimum absolute atomic E-state index is 0.0177. The van der Waals surface area contributed by atoms with Crippen LogP contribution in [-0.4, -0.2) is 177 Å². The van der Waals surface area contributed by atoms with Crippen LogP contribution in [0.3, 0.4) is 0 Å². The van der Waals surface area contributed by atoms with Gasteiger partial charge in [0.15, 0.2) is 34.5 Å². The number of methoxy groups -OCH3 is 9. The second-order valence-corrected chi connectivity index (χ2v) is 17.2. The lowest BCUT2D eigenvalue weighted by atomic mass is 10.0. The maximum atomic E-state index is 13.9. The molecule has 23 nitrogen and oxygen atoms in total. The molecule has 79 heavy (non-hydrogen) atoms. The molecule has 4 aromatic carbocycles. The van der Waals surface area contributed by atoms with Gasteiger partial charge < -0.3 is 85.8 Å². The molecule has 1 N–H and O–H groups in total. The van der Waals surface area contributed by atoms with Crippen molar-refractivity contribution in [2.45, 2.75) is 19.4 Å². The minimum Gasteiger partial charge on any atom is -0.493 e. The smallest absolute Gasteiger partial charge is 0.339 e. The molecule has 0 fully saturated rings. The van der Waals surface area contributed by atoms with Gasteiger partial charge in [-0.25, -0.2) is 24.0 Å². The maximum Gasteiger partial charge on any atom is 0.339 e. The number of nitrogens with zero attached hydrogens (tertiary/aromatic N) is 2. The Kier molecular flexibility index (Phi) is 23.7. The summed E-state index contributed by atoms with van der Waals surface area (Å²) in [5.74, 6) is 1.09. The SMILES string of the molecule is COc1cc(/C=C/C(=O)OCCOCCN(C)C(=O)Nc2ccc3c(C)c(CC(CN(C)CCOCCOC(=O)c4cc(OC)c(OC)c(OC)c4)OC(=O)c4cc(OC)c(OC)c(OC)c4)c(=O)oc3c2)cc(OC)c1OC. The Balaban J connectivity index is 1.17. The third kappa shape index (κ3) is 16.8. The largest absolute Gasteiger partial charge is 0.493 e. The first-order valence-electron chi connectivity index (χ1n) is 24.6. The molecule has 1 atom stereocenters. The Labute approximate surface area is 457 Å². The lowest BCUT2D eigenvalue weighted by Gasteiger charge is -2.25. The quantitative estimate of drug-likeness (QED) is 0.0164. The molecule has 0 saturated heterocycles. The Bertz CT molecular complexity index is 2900. The molecular weight excluding hydrogens is 1030 g/mol. The Hall–Kier alpha value is -8.41. The van der Waals surface area contributed by atoms with Crippen LogP contribution in [0.25, 0.3) is 17.0 Å². The van der Waals surface area contributed by atoms with Crippen LogP contribution in [0.5, 0.6) is 51.7 Å². The Morgan fingerprint density at radius 3 is 1.61 bits per heavy atom. The van der Waals surface area contributed by atoms with E-state index in [1.807, 2.05) is 4.90 Å². The molecule has 5 aromatic rings. The van der Waals surface area contributed by atoms with E-state index in [0.29, 0.717) is 63.2 Å². The summed E-state index contributed by atoms with van der Waals surface area (Å²) < 4.78 is 82.3. The van der Waals surface area contributed by atoms with Gasteiger partial charge in [-0.1, -0.05) is 0 Å². The number of fused-ring (bicyclic) bond motifs is 1. The van der Waals surface area contributed by atoms with Gasteiger partial charge in [0.2, 0.25) is 17.2 Å². The number of benzene rings is 4. The van der Waals surface area contributed by atoms with Crippen molar-refractivity contribution in [1.82, 2.24) is 9.80 Å². The van der Waals surface area contributed by atoms with E-state index in [2.05, 4.69) is 5.32 Å². The number of carbonyl (C=O) groups excluding carboxylic acids is 4. The van der Waals surface area contributed by atoms with Gasteiger partial charge in [0.1, 0.15) is 24.9 Å². The van der Waals surface area contributed by atoms with Crippen LogP contribution >= 0.6 is 0 Å². The van der Waals surface area contributed by atoms with Crippen molar-refractivity contribution in [3.63, 3.8) is 0 Å². The van der Waals surface area contributed by atoms with E-state index in [0.717, 1.165) is 0 Å². The van der Waals surface area contributed by atoms with Crippen LogP contribution in [0, 0.1) is 6.92 Å². The molecule has 0 saturated carbocycles. The second-order valence-electron chi connectivity index (χ2n) is 17.2. The first kappa shape index (κ1) is 61.4. The van der Waals surface area contributed by atoms with E-state index in [4.69, 9.17) is 70.7 Å². The number of hydrogen-bond donors (Lipinski definition) is 1. The first-order chi connectivity index (χ1) is 38.1. The molecule has 1 aromatic heterocycles. The fraction of sp³-hybridized carbons (Fsp3) is 0.411. The number of ether oxygens (including phenoxy) is 14. The second kappa shape index (κ2) is 30.5. The van der Waals surface area contributed by atoms with Crippen LogP contribution in [0.4, 0.5) is 10.5 Å². The van der Waals surface area contributed by atoms with Gasteiger partial charge in [0.25, 0.3) is 0 Å². The van der Waals surface area contributed by atoms with E-state index in [1.54, 1.807) is 57.4 Å². The van der Waals surface area contributed by atoms with Gasteiger partial charge >= 0.3 is 29.6 Å². The van der Waals surface area contributed by atoms with Crippen LogP contribution in [0.2, 0.25) is 0 Å². The van der Waals surface area contributed by atoms with Crippen LogP contribution in [0.1, 0.15) is 37.4 Å². The first-order valence-corrected chi connectivity index (χ1v) is 24.6. The number of hydrogen-bond acceptors (Lipinski definition) is 21. The van der Waals surface area contributed by atoms with Crippen LogP contribution in [0.15, 0.2) is 69.9 Å². The molecule has 1 heterocycles. The minimum atomic E-state index is -0.896. The average molecular weight is 1100 g/mol. The van der Waals surface area contributed by atoms with E-state index >= 15 is 0 Å². The summed E-state index contributed by atoms with van der Waals surface area (Å²) in [6.45, 7) is 2.96. The summed E-state index contributed by atoms with van der Waals surface area (Å²) in [5, 5.41) is 3.40. The highest BCUT2D eigenvalue weighted by Gasteiger charge is 2.26. The summed E-state index contributed by atoms with van der Waals surface area (Å²) in [6.07, 6.45) is 1.89. The number of rotatable bonds is 31. The van der Waals surface area contributed by atoms with E-state index in [1.165, 1.54) is 99.2 Å². The van der Waals surface area contributed by atoms with E-state index in [-0.39, 0.29) is 98.7 Å². The summed E-state index contributed by atoms with van der Waals surface area (Å²) in [7, 11) is 16.5. The van der Waals surface area contributed by atoms with Crippen LogP contribution in [-0.2, 0) is 34.9 Å². The molecule has 1 unspecified atom stereocenters. The highest BCUT2D eigenvalue weighted by molar-refractivity contribution is 5.94. The average Bonchev–Trinajstić information content (AvgIpc) is 3.51. The number of aryl methyl sites for hydroxylation is 1.